The number of ether oxygens (including phenoxy) is 1. The second-order valence-electron chi connectivity index (χ2n) is 6.74. The second kappa shape index (κ2) is 11.9. The van der Waals surface area contributed by atoms with E-state index in [-0.39, 0.29) is 11.9 Å². The molecule has 2 aromatic carbocycles. The van der Waals surface area contributed by atoms with Crippen LogP contribution in [0.4, 0.5) is 0 Å². The number of carbonyl (C=O) groups is 2. The van der Waals surface area contributed by atoms with Gasteiger partial charge in [-0.05, 0) is 30.2 Å². The molecule has 6 nitrogen and oxygen atoms in total. The molecule has 3 rings (SSSR count). The number of carbonyl (C=O) groups excluding carboxylic acids is 4. The maximum absolute atomic E-state index is 13.1. The van der Waals surface area contributed by atoms with Crippen molar-refractivity contribution in [3.8, 4) is 0 Å². The molecule has 0 saturated carbocycles. The van der Waals surface area contributed by atoms with E-state index in [2.05, 4.69) is 0 Å². The van der Waals surface area contributed by atoms with Crippen molar-refractivity contribution in [2.24, 2.45) is 0 Å². The van der Waals surface area contributed by atoms with Gasteiger partial charge < -0.3 is 9.64 Å². The number of likely N-dealkylation sites (tertiary alicyclic amines) is 1. The van der Waals surface area contributed by atoms with Gasteiger partial charge in [0.15, 0.2) is 5.78 Å². The first-order chi connectivity index (χ1) is 15.0. The van der Waals surface area contributed by atoms with E-state index >= 15 is 0 Å². The zero-order valence-corrected chi connectivity index (χ0v) is 17.4. The van der Waals surface area contributed by atoms with E-state index in [9.17, 15) is 9.59 Å². The van der Waals surface area contributed by atoms with Gasteiger partial charge in [0, 0.05) is 36.0 Å². The molecule has 0 bridgehead atoms. The first kappa shape index (κ1) is 23.3. The Hall–Kier alpha value is -4.02. The first-order valence-electron chi connectivity index (χ1n) is 9.55. The zero-order valence-electron chi connectivity index (χ0n) is 17.4. The molecular weight excluding hydrogens is 394 g/mol. The molecule has 31 heavy (non-hydrogen) atoms. The van der Waals surface area contributed by atoms with E-state index in [1.807, 2.05) is 84.6 Å². The van der Waals surface area contributed by atoms with Crippen LogP contribution in [0.2, 0.25) is 0 Å². The number of hydrogen-bond acceptors (Lipinski definition) is 6. The molecular formula is C25H23NO5. The quantitative estimate of drug-likeness (QED) is 0.559. The number of Topliss-reactive ketones (excluding diaryl/α,β-unsaturated/α-hetero) is 1. The zero-order chi connectivity index (χ0) is 22.6. The summed E-state index contributed by atoms with van der Waals surface area (Å²) in [6.45, 7) is 2.74. The maximum atomic E-state index is 13.1. The smallest absolute Gasteiger partial charge is 0.373 e. The lowest BCUT2D eigenvalue weighted by atomic mass is 9.94. The third kappa shape index (κ3) is 7.07. The van der Waals surface area contributed by atoms with Crippen molar-refractivity contribution in [3.05, 3.63) is 94.7 Å². The highest BCUT2D eigenvalue weighted by Gasteiger charge is 2.26. The molecule has 158 valence electrons. The Morgan fingerprint density at radius 1 is 0.903 bits per heavy atom. The number of methoxy groups -OCH3 is 1. The molecule has 1 fully saturated rings. The highest BCUT2D eigenvalue weighted by Crippen LogP contribution is 2.24. The third-order valence-corrected chi connectivity index (χ3v) is 4.61. The Bertz CT molecular complexity index is 969. The summed E-state index contributed by atoms with van der Waals surface area (Å²) in [6.07, 6.45) is 5.54. The summed E-state index contributed by atoms with van der Waals surface area (Å²) in [6, 6.07) is 19.5. The molecule has 0 aromatic heterocycles. The topological polar surface area (TPSA) is 80.8 Å². The molecule has 6 heteroatoms. The van der Waals surface area contributed by atoms with Crippen molar-refractivity contribution in [1.82, 2.24) is 4.90 Å². The van der Waals surface area contributed by atoms with Gasteiger partial charge in [0.1, 0.15) is 0 Å². The summed E-state index contributed by atoms with van der Waals surface area (Å²) < 4.78 is 4.74. The lowest BCUT2D eigenvalue weighted by Gasteiger charge is -2.32. The summed E-state index contributed by atoms with van der Waals surface area (Å²) in [7, 11) is 1.35. The molecule has 1 heterocycles. The van der Waals surface area contributed by atoms with Gasteiger partial charge in [-0.2, -0.15) is 9.59 Å². The van der Waals surface area contributed by atoms with Gasteiger partial charge in [0.05, 0.1) is 7.11 Å². The number of hydrogen-bond donors (Lipinski definition) is 0. The van der Waals surface area contributed by atoms with Gasteiger partial charge in [0.2, 0.25) is 0 Å². The average Bonchev–Trinajstić information content (AvgIpc) is 2.78. The number of piperidine rings is 1. The minimum Gasteiger partial charge on any atom is -0.466 e. The van der Waals surface area contributed by atoms with E-state index < -0.39 is 5.97 Å². The van der Waals surface area contributed by atoms with Crippen LogP contribution in [-0.2, 0) is 23.9 Å². The molecule has 0 N–H and O–H groups in total. The van der Waals surface area contributed by atoms with Gasteiger partial charge in [0.25, 0.3) is 0 Å². The van der Waals surface area contributed by atoms with Crippen molar-refractivity contribution in [2.45, 2.75) is 6.92 Å². The standard InChI is InChI=1S/C24H23NO3.CO2/c1-18(13-23(26)28-2)25-16-21(14-19-9-5-3-6-10-19)24(27)22(17-25)15-20-11-7-4-8-12-20;2-1-3/h3-15H,16-17H2,1-2H3;/b18-13-,21-14+,22-15+;. The predicted octanol–water partition coefficient (Wildman–Crippen LogP) is 3.53. The Balaban J connectivity index is 0.00000107. The molecule has 1 aliphatic heterocycles. The van der Waals surface area contributed by atoms with Gasteiger partial charge in [-0.3, -0.25) is 4.79 Å². The molecule has 1 saturated heterocycles. The molecule has 0 spiro atoms. The van der Waals surface area contributed by atoms with Crippen LogP contribution in [0.5, 0.6) is 0 Å². The van der Waals surface area contributed by atoms with Crippen molar-refractivity contribution in [3.63, 3.8) is 0 Å². The van der Waals surface area contributed by atoms with Crippen molar-refractivity contribution >= 4 is 30.1 Å². The fourth-order valence-corrected chi connectivity index (χ4v) is 3.11. The predicted molar refractivity (Wildman–Crippen MR) is 116 cm³/mol. The van der Waals surface area contributed by atoms with Crippen LogP contribution in [0.25, 0.3) is 12.2 Å². The highest BCUT2D eigenvalue weighted by molar-refractivity contribution is 6.14. The lowest BCUT2D eigenvalue weighted by molar-refractivity contribution is -0.191. The number of nitrogens with zero attached hydrogens (tertiary/aromatic N) is 1. The lowest BCUT2D eigenvalue weighted by Crippen LogP contribution is -2.36. The average molecular weight is 417 g/mol. The van der Waals surface area contributed by atoms with Crippen LogP contribution in [0.1, 0.15) is 18.1 Å². The Kier molecular flexibility index (Phi) is 8.90. The normalized spacial score (nSPS) is 16.4. The summed E-state index contributed by atoms with van der Waals surface area (Å²) in [5.41, 5.74) is 4.09. The highest BCUT2D eigenvalue weighted by atomic mass is 16.5. The Morgan fingerprint density at radius 2 is 1.32 bits per heavy atom. The Labute approximate surface area is 181 Å². The molecule has 0 aliphatic carbocycles. The minimum absolute atomic E-state index is 0.0369. The SMILES string of the molecule is COC(=O)/C=C(/C)N1C/C(=C\c2ccccc2)C(=O)/C(=C/c2ccccc2)C1.O=C=O. The molecule has 2 aromatic rings. The third-order valence-electron chi connectivity index (χ3n) is 4.61. The minimum atomic E-state index is -0.406. The van der Waals surface area contributed by atoms with Gasteiger partial charge >= 0.3 is 12.1 Å². The first-order valence-corrected chi connectivity index (χ1v) is 9.55. The van der Waals surface area contributed by atoms with Crippen LogP contribution in [0.3, 0.4) is 0 Å². The fraction of sp³-hybridized carbons (Fsp3) is 0.160. The number of ketones is 1. The van der Waals surface area contributed by atoms with E-state index in [0.717, 1.165) is 16.8 Å². The van der Waals surface area contributed by atoms with Gasteiger partial charge in [-0.25, -0.2) is 4.79 Å². The summed E-state index contributed by atoms with van der Waals surface area (Å²) in [5.74, 6) is -0.369. The number of allylic oxidation sites excluding steroid dienone is 1. The van der Waals surface area contributed by atoms with Crippen LogP contribution >= 0.6 is 0 Å². The summed E-state index contributed by atoms with van der Waals surface area (Å²) in [4.78, 5) is 43.0. The molecule has 1 aliphatic rings. The van der Waals surface area contributed by atoms with E-state index in [1.54, 1.807) is 0 Å². The van der Waals surface area contributed by atoms with Crippen LogP contribution in [0, 0.1) is 0 Å². The van der Waals surface area contributed by atoms with E-state index in [4.69, 9.17) is 14.3 Å². The monoisotopic (exact) mass is 417 g/mol. The molecule has 0 amide bonds. The van der Waals surface area contributed by atoms with Crippen LogP contribution in [-0.4, -0.2) is 43.0 Å². The van der Waals surface area contributed by atoms with Gasteiger partial charge in [-0.1, -0.05) is 60.7 Å². The Morgan fingerprint density at radius 3 is 1.71 bits per heavy atom. The molecule has 0 unspecified atom stereocenters. The van der Waals surface area contributed by atoms with Gasteiger partial charge in [-0.15, -0.1) is 0 Å². The van der Waals surface area contributed by atoms with Crippen molar-refractivity contribution in [2.75, 3.05) is 20.2 Å². The largest absolute Gasteiger partial charge is 0.466 e. The number of rotatable bonds is 4. The van der Waals surface area contributed by atoms with Crippen molar-refractivity contribution < 1.29 is 23.9 Å². The number of benzene rings is 2. The van der Waals surface area contributed by atoms with E-state index in [1.165, 1.54) is 13.2 Å². The van der Waals surface area contributed by atoms with E-state index in [0.29, 0.717) is 24.2 Å². The summed E-state index contributed by atoms with van der Waals surface area (Å²) in [5, 5.41) is 0. The second-order valence-corrected chi connectivity index (χ2v) is 6.74. The van der Waals surface area contributed by atoms with Crippen LogP contribution < -0.4 is 0 Å². The van der Waals surface area contributed by atoms with Crippen LogP contribution in [0.15, 0.2) is 83.6 Å². The molecule has 0 atom stereocenters. The number of esters is 1. The van der Waals surface area contributed by atoms with Crippen molar-refractivity contribution in [1.29, 1.82) is 0 Å². The maximum Gasteiger partial charge on any atom is 0.373 e. The summed E-state index contributed by atoms with van der Waals surface area (Å²) >= 11 is 0. The molecule has 0 radical (unpaired) electrons. The fourth-order valence-electron chi connectivity index (χ4n) is 3.11.